The van der Waals surface area contributed by atoms with Gasteiger partial charge in [-0.2, -0.15) is 0 Å². The summed E-state index contributed by atoms with van der Waals surface area (Å²) < 4.78 is 13.2. The highest BCUT2D eigenvalue weighted by molar-refractivity contribution is 6.30. The van der Waals surface area contributed by atoms with Gasteiger partial charge in [0.2, 0.25) is 0 Å². The lowest BCUT2D eigenvalue weighted by atomic mass is 10.3. The van der Waals surface area contributed by atoms with Crippen molar-refractivity contribution >= 4 is 28.5 Å². The molecule has 0 saturated heterocycles. The third-order valence-corrected chi connectivity index (χ3v) is 3.96. The zero-order chi connectivity index (χ0) is 16.4. The Morgan fingerprint density at radius 2 is 2.09 bits per heavy atom. The molecule has 3 rings (SSSR count). The van der Waals surface area contributed by atoms with Crippen LogP contribution in [0.2, 0.25) is 5.15 Å². The predicted octanol–water partition coefficient (Wildman–Crippen LogP) is 3.67. The first-order valence-electron chi connectivity index (χ1n) is 7.48. The van der Waals surface area contributed by atoms with Crippen LogP contribution in [0.5, 0.6) is 0 Å². The highest BCUT2D eigenvalue weighted by atomic mass is 35.5. The van der Waals surface area contributed by atoms with Gasteiger partial charge in [-0.25, -0.2) is 19.3 Å². The summed E-state index contributed by atoms with van der Waals surface area (Å²) in [7, 11) is 0. The number of H-pyrrole nitrogens is 1. The first kappa shape index (κ1) is 15.7. The number of hydrogen-bond donors (Lipinski definition) is 2. The molecule has 2 aromatic heterocycles. The van der Waals surface area contributed by atoms with E-state index in [2.05, 4.69) is 25.3 Å². The normalized spacial score (nSPS) is 11.1. The molecule has 0 saturated carbocycles. The third kappa shape index (κ3) is 3.42. The first-order chi connectivity index (χ1) is 11.1. The molecule has 0 amide bonds. The van der Waals surface area contributed by atoms with Gasteiger partial charge in [-0.15, -0.1) is 0 Å². The molecule has 0 spiro atoms. The Morgan fingerprint density at radius 3 is 2.87 bits per heavy atom. The molecule has 1 aromatic carbocycles. The lowest BCUT2D eigenvalue weighted by molar-refractivity contribution is 0.629. The lowest BCUT2D eigenvalue weighted by Gasteiger charge is -2.10. The van der Waals surface area contributed by atoms with Gasteiger partial charge in [0, 0.05) is 24.9 Å². The van der Waals surface area contributed by atoms with Crippen molar-refractivity contribution in [3.63, 3.8) is 0 Å². The fourth-order valence-corrected chi connectivity index (χ4v) is 2.50. The summed E-state index contributed by atoms with van der Waals surface area (Å²) in [4.78, 5) is 16.2. The molecule has 0 radical (unpaired) electrons. The van der Waals surface area contributed by atoms with Crippen molar-refractivity contribution < 1.29 is 4.39 Å². The van der Waals surface area contributed by atoms with Gasteiger partial charge in [-0.1, -0.05) is 18.5 Å². The predicted molar refractivity (Wildman–Crippen MR) is 89.4 cm³/mol. The Labute approximate surface area is 138 Å². The number of imidazole rings is 1. The van der Waals surface area contributed by atoms with E-state index in [0.717, 1.165) is 29.1 Å². The summed E-state index contributed by atoms with van der Waals surface area (Å²) in [5.41, 5.74) is 2.29. The van der Waals surface area contributed by atoms with Crippen LogP contribution in [0.15, 0.2) is 18.2 Å². The van der Waals surface area contributed by atoms with Gasteiger partial charge in [0.15, 0.2) is 0 Å². The average molecular weight is 334 g/mol. The summed E-state index contributed by atoms with van der Waals surface area (Å²) >= 11 is 6.12. The number of nitrogens with zero attached hydrogens (tertiary/aromatic N) is 3. The zero-order valence-electron chi connectivity index (χ0n) is 13.0. The van der Waals surface area contributed by atoms with E-state index in [-0.39, 0.29) is 5.82 Å². The number of nitrogens with one attached hydrogen (secondary N) is 2. The maximum absolute atomic E-state index is 13.2. The number of benzene rings is 1. The minimum atomic E-state index is -0.274. The van der Waals surface area contributed by atoms with Crippen LogP contribution in [-0.2, 0) is 12.8 Å². The van der Waals surface area contributed by atoms with Crippen molar-refractivity contribution in [3.05, 3.63) is 46.4 Å². The van der Waals surface area contributed by atoms with E-state index in [1.165, 1.54) is 12.1 Å². The van der Waals surface area contributed by atoms with Crippen LogP contribution < -0.4 is 5.32 Å². The van der Waals surface area contributed by atoms with Crippen LogP contribution >= 0.6 is 11.6 Å². The third-order valence-electron chi connectivity index (χ3n) is 3.60. The Kier molecular flexibility index (Phi) is 4.43. The summed E-state index contributed by atoms with van der Waals surface area (Å²) in [6.07, 6.45) is 1.39. The SMILES string of the molecule is CCc1nc(Cl)c(C)c(NCCc2nc3ccc(F)cc3[nH]2)n1. The van der Waals surface area contributed by atoms with E-state index in [0.29, 0.717) is 29.5 Å². The molecule has 0 unspecified atom stereocenters. The van der Waals surface area contributed by atoms with E-state index in [1.54, 1.807) is 6.07 Å². The van der Waals surface area contributed by atoms with E-state index in [1.807, 2.05) is 13.8 Å². The maximum Gasteiger partial charge on any atom is 0.137 e. The van der Waals surface area contributed by atoms with E-state index in [9.17, 15) is 4.39 Å². The van der Waals surface area contributed by atoms with Crippen LogP contribution in [0.25, 0.3) is 11.0 Å². The molecular weight excluding hydrogens is 317 g/mol. The molecule has 2 heterocycles. The second kappa shape index (κ2) is 6.50. The summed E-state index contributed by atoms with van der Waals surface area (Å²) in [6.45, 7) is 4.51. The van der Waals surface area contributed by atoms with E-state index in [4.69, 9.17) is 11.6 Å². The Morgan fingerprint density at radius 1 is 1.26 bits per heavy atom. The number of aromatic amines is 1. The largest absolute Gasteiger partial charge is 0.369 e. The van der Waals surface area contributed by atoms with Crippen molar-refractivity contribution in [2.45, 2.75) is 26.7 Å². The molecule has 0 aliphatic carbocycles. The Bertz CT molecular complexity index is 846. The number of rotatable bonds is 5. The number of fused-ring (bicyclic) bond motifs is 1. The highest BCUT2D eigenvalue weighted by Crippen LogP contribution is 2.20. The number of aromatic nitrogens is 4. The number of anilines is 1. The molecule has 0 fully saturated rings. The lowest BCUT2D eigenvalue weighted by Crippen LogP contribution is -2.10. The smallest absolute Gasteiger partial charge is 0.137 e. The molecule has 23 heavy (non-hydrogen) atoms. The summed E-state index contributed by atoms with van der Waals surface area (Å²) in [5, 5.41) is 3.73. The molecule has 5 nitrogen and oxygen atoms in total. The number of halogens is 2. The van der Waals surface area contributed by atoms with Gasteiger partial charge in [-0.05, 0) is 25.1 Å². The second-order valence-corrected chi connectivity index (χ2v) is 5.64. The van der Waals surface area contributed by atoms with Gasteiger partial charge < -0.3 is 10.3 Å². The first-order valence-corrected chi connectivity index (χ1v) is 7.85. The maximum atomic E-state index is 13.2. The molecule has 7 heteroatoms. The fraction of sp³-hybridized carbons (Fsp3) is 0.312. The molecular formula is C16H17ClFN5. The average Bonchev–Trinajstić information content (AvgIpc) is 2.93. The minimum Gasteiger partial charge on any atom is -0.369 e. The fourth-order valence-electron chi connectivity index (χ4n) is 2.32. The van der Waals surface area contributed by atoms with Gasteiger partial charge in [0.05, 0.1) is 11.0 Å². The van der Waals surface area contributed by atoms with E-state index >= 15 is 0 Å². The standard InChI is InChI=1S/C16H17ClFN5/c1-3-13-22-15(17)9(2)16(23-13)19-7-6-14-20-11-5-4-10(18)8-12(11)21-14/h4-5,8H,3,6-7H2,1-2H3,(H,20,21)(H,19,22,23). The van der Waals surface area contributed by atoms with Crippen molar-refractivity contribution in [1.29, 1.82) is 0 Å². The van der Waals surface area contributed by atoms with Gasteiger partial charge in [-0.3, -0.25) is 0 Å². The monoisotopic (exact) mass is 333 g/mol. The Hall–Kier alpha value is -2.21. The second-order valence-electron chi connectivity index (χ2n) is 5.28. The number of aryl methyl sites for hydroxylation is 1. The van der Waals surface area contributed by atoms with Crippen LogP contribution in [0.3, 0.4) is 0 Å². The molecule has 0 aliphatic heterocycles. The van der Waals surface area contributed by atoms with Gasteiger partial charge in [0.25, 0.3) is 0 Å². The van der Waals surface area contributed by atoms with Crippen molar-refractivity contribution in [1.82, 2.24) is 19.9 Å². The van der Waals surface area contributed by atoms with Crippen molar-refractivity contribution in [2.75, 3.05) is 11.9 Å². The quantitative estimate of drug-likeness (QED) is 0.699. The van der Waals surface area contributed by atoms with Crippen molar-refractivity contribution in [2.24, 2.45) is 0 Å². The van der Waals surface area contributed by atoms with Gasteiger partial charge in [0.1, 0.15) is 28.4 Å². The highest BCUT2D eigenvalue weighted by Gasteiger charge is 2.09. The summed E-state index contributed by atoms with van der Waals surface area (Å²) in [5.74, 6) is 1.97. The van der Waals surface area contributed by atoms with Crippen LogP contribution in [0.4, 0.5) is 10.2 Å². The molecule has 0 aliphatic rings. The molecule has 3 aromatic rings. The summed E-state index contributed by atoms with van der Waals surface area (Å²) in [6, 6.07) is 4.52. The van der Waals surface area contributed by atoms with Crippen LogP contribution in [0.1, 0.15) is 24.1 Å². The van der Waals surface area contributed by atoms with E-state index < -0.39 is 0 Å². The van der Waals surface area contributed by atoms with Crippen LogP contribution in [0, 0.1) is 12.7 Å². The minimum absolute atomic E-state index is 0.274. The molecule has 0 bridgehead atoms. The Balaban J connectivity index is 1.70. The topological polar surface area (TPSA) is 66.5 Å². The molecule has 2 N–H and O–H groups in total. The number of hydrogen-bond acceptors (Lipinski definition) is 4. The molecule has 0 atom stereocenters. The molecule has 120 valence electrons. The van der Waals surface area contributed by atoms with Crippen LogP contribution in [-0.4, -0.2) is 26.5 Å². The zero-order valence-corrected chi connectivity index (χ0v) is 13.7. The van der Waals surface area contributed by atoms with Crippen molar-refractivity contribution in [3.8, 4) is 0 Å². The van der Waals surface area contributed by atoms with Gasteiger partial charge >= 0.3 is 0 Å².